The van der Waals surface area contributed by atoms with Crippen LogP contribution in [-0.4, -0.2) is 24.7 Å². The van der Waals surface area contributed by atoms with E-state index in [0.717, 1.165) is 13.4 Å². The molecular formula is C14H9F6NO4. The molecule has 0 atom stereocenters. The average Bonchev–Trinajstić information content (AvgIpc) is 2.99. The van der Waals surface area contributed by atoms with E-state index < -0.39 is 47.7 Å². The van der Waals surface area contributed by atoms with Crippen molar-refractivity contribution in [2.45, 2.75) is 12.4 Å². The van der Waals surface area contributed by atoms with Gasteiger partial charge in [0.1, 0.15) is 12.0 Å². The van der Waals surface area contributed by atoms with Gasteiger partial charge in [-0.25, -0.2) is 4.79 Å². The number of halogens is 6. The molecule has 0 radical (unpaired) electrons. The van der Waals surface area contributed by atoms with Crippen molar-refractivity contribution in [2.24, 2.45) is 0 Å². The van der Waals surface area contributed by atoms with E-state index in [2.05, 4.69) is 9.72 Å². The van der Waals surface area contributed by atoms with Crippen molar-refractivity contribution >= 4 is 5.97 Å². The van der Waals surface area contributed by atoms with E-state index in [1.165, 1.54) is 0 Å². The first-order chi connectivity index (χ1) is 11.5. The van der Waals surface area contributed by atoms with Gasteiger partial charge < -0.3 is 13.9 Å². The molecule has 0 aliphatic rings. The number of carbonyl (C=O) groups excluding carboxylic acids is 1. The van der Waals surface area contributed by atoms with Crippen molar-refractivity contribution in [1.29, 1.82) is 0 Å². The molecule has 0 spiro atoms. The van der Waals surface area contributed by atoms with Gasteiger partial charge in [-0.2, -0.15) is 31.3 Å². The molecule has 1 aromatic heterocycles. The number of carbonyl (C=O) groups is 1. The van der Waals surface area contributed by atoms with Gasteiger partial charge in [-0.3, -0.25) is 0 Å². The molecule has 0 fully saturated rings. The molecular weight excluding hydrogens is 360 g/mol. The smallest absolute Gasteiger partial charge is 0.416 e. The summed E-state index contributed by atoms with van der Waals surface area (Å²) >= 11 is 0. The number of rotatable bonds is 4. The number of hydrogen-bond donors (Lipinski definition) is 0. The number of aromatic nitrogens is 1. The van der Waals surface area contributed by atoms with Crippen molar-refractivity contribution in [3.05, 3.63) is 35.6 Å². The van der Waals surface area contributed by atoms with Crippen LogP contribution in [0.2, 0.25) is 0 Å². The van der Waals surface area contributed by atoms with Crippen molar-refractivity contribution in [2.75, 3.05) is 13.7 Å². The molecule has 0 unspecified atom stereocenters. The van der Waals surface area contributed by atoms with Crippen LogP contribution in [0.15, 0.2) is 28.9 Å². The van der Waals surface area contributed by atoms with Gasteiger partial charge in [0, 0.05) is 5.56 Å². The second-order valence-corrected chi connectivity index (χ2v) is 4.66. The first-order valence-corrected chi connectivity index (χ1v) is 6.45. The van der Waals surface area contributed by atoms with Gasteiger partial charge in [0.15, 0.2) is 6.61 Å². The van der Waals surface area contributed by atoms with E-state index in [-0.39, 0.29) is 11.8 Å². The molecule has 5 nitrogen and oxygen atoms in total. The second-order valence-electron chi connectivity index (χ2n) is 4.66. The third kappa shape index (κ3) is 4.64. The lowest BCUT2D eigenvalue weighted by Crippen LogP contribution is -2.12. The van der Waals surface area contributed by atoms with Gasteiger partial charge in [-0.05, 0) is 18.2 Å². The maximum atomic E-state index is 12.8. The second kappa shape index (κ2) is 6.65. The monoisotopic (exact) mass is 369 g/mol. The minimum Gasteiger partial charge on any atom is -0.466 e. The zero-order chi connectivity index (χ0) is 18.8. The third-order valence-corrected chi connectivity index (χ3v) is 2.91. The van der Waals surface area contributed by atoms with Crippen LogP contribution in [0, 0.1) is 0 Å². The number of nitrogens with zero attached hydrogens (tertiary/aromatic N) is 1. The Labute approximate surface area is 136 Å². The Balaban J connectivity index is 2.38. The lowest BCUT2D eigenvalue weighted by atomic mass is 10.0. The lowest BCUT2D eigenvalue weighted by molar-refractivity contribution is -0.144. The molecule has 0 amide bonds. The predicted octanol–water partition coefficient (Wildman–Crippen LogP) is 3.93. The minimum absolute atomic E-state index is 0.00174. The summed E-state index contributed by atoms with van der Waals surface area (Å²) in [6.07, 6.45) is -9.66. The number of oxazole rings is 1. The number of ether oxygens (including phenoxy) is 2. The fraction of sp³-hybridized carbons (Fsp3) is 0.286. The van der Waals surface area contributed by atoms with Crippen LogP contribution in [0.5, 0.6) is 6.08 Å². The molecule has 0 bridgehead atoms. The van der Waals surface area contributed by atoms with Crippen LogP contribution in [0.1, 0.15) is 11.1 Å². The number of benzene rings is 1. The quantitative estimate of drug-likeness (QED) is 0.604. The van der Waals surface area contributed by atoms with E-state index in [1.807, 2.05) is 0 Å². The van der Waals surface area contributed by atoms with Gasteiger partial charge >= 0.3 is 24.4 Å². The molecule has 0 saturated heterocycles. The Morgan fingerprint density at radius 1 is 1.08 bits per heavy atom. The third-order valence-electron chi connectivity index (χ3n) is 2.91. The summed E-state index contributed by atoms with van der Waals surface area (Å²) in [6, 6.07) is 0.993. The summed E-state index contributed by atoms with van der Waals surface area (Å²) in [4.78, 5) is 14.5. The molecule has 1 heterocycles. The van der Waals surface area contributed by atoms with Crippen LogP contribution < -0.4 is 4.74 Å². The zero-order valence-corrected chi connectivity index (χ0v) is 12.4. The topological polar surface area (TPSA) is 61.6 Å². The van der Waals surface area contributed by atoms with E-state index in [1.54, 1.807) is 0 Å². The highest BCUT2D eigenvalue weighted by atomic mass is 19.4. The van der Waals surface area contributed by atoms with Crippen LogP contribution in [0.3, 0.4) is 0 Å². The molecule has 25 heavy (non-hydrogen) atoms. The van der Waals surface area contributed by atoms with Crippen molar-refractivity contribution < 1.29 is 45.0 Å². The summed E-state index contributed by atoms with van der Waals surface area (Å²) < 4.78 is 90.7. The van der Waals surface area contributed by atoms with Crippen LogP contribution in [0.4, 0.5) is 26.3 Å². The number of hydrogen-bond acceptors (Lipinski definition) is 5. The molecule has 0 N–H and O–H groups in total. The highest BCUT2D eigenvalue weighted by molar-refractivity contribution is 5.70. The van der Waals surface area contributed by atoms with Crippen LogP contribution >= 0.6 is 0 Å². The highest BCUT2D eigenvalue weighted by Crippen LogP contribution is 2.38. The van der Waals surface area contributed by atoms with Gasteiger partial charge in [0.25, 0.3) is 0 Å². The Bertz CT molecular complexity index is 733. The van der Waals surface area contributed by atoms with E-state index in [0.29, 0.717) is 12.1 Å². The Hall–Kier alpha value is -2.72. The fourth-order valence-corrected chi connectivity index (χ4v) is 1.74. The summed E-state index contributed by atoms with van der Waals surface area (Å²) in [5, 5.41) is 0. The van der Waals surface area contributed by atoms with Crippen LogP contribution in [-0.2, 0) is 21.9 Å². The van der Waals surface area contributed by atoms with Crippen LogP contribution in [0.25, 0.3) is 11.3 Å². The van der Waals surface area contributed by atoms with Crippen molar-refractivity contribution in [3.8, 4) is 17.3 Å². The maximum Gasteiger partial charge on any atom is 0.416 e. The van der Waals surface area contributed by atoms with E-state index >= 15 is 0 Å². The van der Waals surface area contributed by atoms with E-state index in [4.69, 9.17) is 9.15 Å². The first-order valence-electron chi connectivity index (χ1n) is 6.45. The Morgan fingerprint density at radius 2 is 1.64 bits per heavy atom. The number of methoxy groups -OCH3 is 1. The molecule has 11 heteroatoms. The molecule has 0 saturated carbocycles. The molecule has 2 rings (SSSR count). The first kappa shape index (κ1) is 18.6. The van der Waals surface area contributed by atoms with Gasteiger partial charge in [0.05, 0.1) is 18.2 Å². The molecule has 136 valence electrons. The highest BCUT2D eigenvalue weighted by Gasteiger charge is 2.37. The minimum atomic E-state index is -4.98. The Kier molecular flexibility index (Phi) is 4.95. The summed E-state index contributed by atoms with van der Waals surface area (Å²) in [7, 11) is 1.09. The predicted molar refractivity (Wildman–Crippen MR) is 69.5 cm³/mol. The number of esters is 1. The number of alkyl halides is 6. The van der Waals surface area contributed by atoms with Gasteiger partial charge in [-0.1, -0.05) is 0 Å². The lowest BCUT2D eigenvalue weighted by Gasteiger charge is -2.13. The van der Waals surface area contributed by atoms with Gasteiger partial charge in [-0.15, -0.1) is 0 Å². The van der Waals surface area contributed by atoms with Crippen molar-refractivity contribution in [1.82, 2.24) is 4.98 Å². The molecule has 0 aliphatic carbocycles. The average molecular weight is 369 g/mol. The van der Waals surface area contributed by atoms with E-state index in [9.17, 15) is 31.1 Å². The summed E-state index contributed by atoms with van der Waals surface area (Å²) in [5.74, 6) is -0.779. The Morgan fingerprint density at radius 3 is 2.12 bits per heavy atom. The summed E-state index contributed by atoms with van der Waals surface area (Å²) in [6.45, 7) is -0.590. The standard InChI is InChI=1S/C14H9F6NO4/c1-23-11(22)6-25-12-21-10(5-24-12)7-2-8(13(15,16)17)4-9(3-7)14(18,19)20/h2-5H,6H2,1H3. The SMILES string of the molecule is COC(=O)COc1nc(-c2cc(C(F)(F)F)cc(C(F)(F)F)c2)co1. The normalized spacial score (nSPS) is 12.1. The maximum absolute atomic E-state index is 12.8. The van der Waals surface area contributed by atoms with Crippen molar-refractivity contribution in [3.63, 3.8) is 0 Å². The fourth-order valence-electron chi connectivity index (χ4n) is 1.74. The molecule has 2 aromatic rings. The largest absolute Gasteiger partial charge is 0.466 e. The molecule has 0 aliphatic heterocycles. The molecule has 1 aromatic carbocycles. The summed E-state index contributed by atoms with van der Waals surface area (Å²) in [5.41, 5.74) is -3.77. The zero-order valence-electron chi connectivity index (χ0n) is 12.4. The van der Waals surface area contributed by atoms with Gasteiger partial charge in [0.2, 0.25) is 0 Å².